The van der Waals surface area contributed by atoms with E-state index in [4.69, 9.17) is 8.83 Å². The molecule has 6 nitrogen and oxygen atoms in total. The molecule has 0 atom stereocenters. The van der Waals surface area contributed by atoms with Gasteiger partial charge in [0.15, 0.2) is 0 Å². The first kappa shape index (κ1) is 22.5. The van der Waals surface area contributed by atoms with E-state index in [1.54, 1.807) is 18.6 Å². The number of hydrogen-bond acceptors (Lipinski definition) is 5. The van der Waals surface area contributed by atoms with Crippen LogP contribution >= 0.6 is 11.3 Å². The number of fused-ring (bicyclic) bond motifs is 2. The average molecular weight is 477 g/mol. The van der Waals surface area contributed by atoms with Crippen molar-refractivity contribution in [2.24, 2.45) is 0 Å². The van der Waals surface area contributed by atoms with E-state index in [1.165, 1.54) is 21.8 Å². The third kappa shape index (κ3) is 4.53. The average Bonchev–Trinajstić information content (AvgIpc) is 3.56. The molecule has 7 heteroatoms. The first-order chi connectivity index (χ1) is 16.5. The number of benzene rings is 1. The summed E-state index contributed by atoms with van der Waals surface area (Å²) in [7, 11) is 0. The molecule has 3 aromatic heterocycles. The second-order valence-electron chi connectivity index (χ2n) is 9.07. The zero-order chi connectivity index (χ0) is 23.7. The van der Waals surface area contributed by atoms with Gasteiger partial charge in [-0.15, -0.1) is 11.3 Å². The number of hydrogen-bond donors (Lipinski definition) is 2. The number of thiophene rings is 1. The second-order valence-corrected chi connectivity index (χ2v) is 10.2. The lowest BCUT2D eigenvalue weighted by molar-refractivity contribution is -0.115. The summed E-state index contributed by atoms with van der Waals surface area (Å²) in [5, 5.41) is 7.57. The summed E-state index contributed by atoms with van der Waals surface area (Å²) >= 11 is 1.52. The lowest BCUT2D eigenvalue weighted by Crippen LogP contribution is -2.25. The Labute approximate surface area is 202 Å². The third-order valence-electron chi connectivity index (χ3n) is 6.35. The molecule has 1 aromatic carbocycles. The van der Waals surface area contributed by atoms with Crippen LogP contribution in [0.2, 0.25) is 0 Å². The summed E-state index contributed by atoms with van der Waals surface area (Å²) in [5.74, 6) is 0.745. The Bertz CT molecular complexity index is 1330. The summed E-state index contributed by atoms with van der Waals surface area (Å²) in [6.07, 6.45) is 7.38. The van der Waals surface area contributed by atoms with Crippen molar-refractivity contribution < 1.29 is 18.4 Å². The highest BCUT2D eigenvalue weighted by Gasteiger charge is 2.26. The topological polar surface area (TPSA) is 84.5 Å². The minimum Gasteiger partial charge on any atom is -0.467 e. The molecule has 0 spiro atoms. The van der Waals surface area contributed by atoms with Gasteiger partial charge in [-0.2, -0.15) is 0 Å². The fourth-order valence-electron chi connectivity index (χ4n) is 4.50. The van der Waals surface area contributed by atoms with Crippen LogP contribution in [0.25, 0.3) is 11.0 Å². The number of aryl methyl sites for hydroxylation is 1. The summed E-state index contributed by atoms with van der Waals surface area (Å²) in [5.41, 5.74) is 4.49. The lowest BCUT2D eigenvalue weighted by atomic mass is 9.95. The zero-order valence-corrected chi connectivity index (χ0v) is 20.2. The van der Waals surface area contributed by atoms with E-state index in [0.717, 1.165) is 47.8 Å². The predicted octanol–water partition coefficient (Wildman–Crippen LogP) is 6.20. The van der Waals surface area contributed by atoms with Gasteiger partial charge in [0.2, 0.25) is 5.91 Å². The number of anilines is 1. The Kier molecular flexibility index (Phi) is 6.28. The SMILES string of the molecule is CC(C)c1ccc2occ(CC(=O)Nc3sc4c(c3C(=O)NCc3ccco3)CCCC4)c2c1. The molecule has 0 saturated carbocycles. The van der Waals surface area contributed by atoms with Gasteiger partial charge in [-0.1, -0.05) is 19.9 Å². The van der Waals surface area contributed by atoms with Gasteiger partial charge in [0.25, 0.3) is 5.91 Å². The molecule has 0 aliphatic heterocycles. The predicted molar refractivity (Wildman–Crippen MR) is 133 cm³/mol. The molecule has 34 heavy (non-hydrogen) atoms. The lowest BCUT2D eigenvalue weighted by Gasteiger charge is -2.13. The largest absolute Gasteiger partial charge is 0.467 e. The normalized spacial score (nSPS) is 13.3. The Balaban J connectivity index is 1.37. The van der Waals surface area contributed by atoms with Crippen molar-refractivity contribution >= 4 is 39.1 Å². The number of carbonyl (C=O) groups is 2. The van der Waals surface area contributed by atoms with E-state index in [9.17, 15) is 9.59 Å². The maximum absolute atomic E-state index is 13.2. The minimum absolute atomic E-state index is 0.156. The Hall–Kier alpha value is -3.32. The van der Waals surface area contributed by atoms with E-state index in [1.807, 2.05) is 12.1 Å². The molecule has 0 saturated heterocycles. The van der Waals surface area contributed by atoms with Gasteiger partial charge >= 0.3 is 0 Å². The van der Waals surface area contributed by atoms with Crippen LogP contribution in [0.5, 0.6) is 0 Å². The van der Waals surface area contributed by atoms with Crippen LogP contribution in [0.4, 0.5) is 5.00 Å². The number of nitrogens with one attached hydrogen (secondary N) is 2. The second kappa shape index (κ2) is 9.50. The molecule has 2 amide bonds. The molecule has 176 valence electrons. The molecule has 4 aromatic rings. The van der Waals surface area contributed by atoms with E-state index in [-0.39, 0.29) is 18.2 Å². The summed E-state index contributed by atoms with van der Waals surface area (Å²) < 4.78 is 11.0. The monoisotopic (exact) mass is 476 g/mol. The quantitative estimate of drug-likeness (QED) is 0.333. The first-order valence-corrected chi connectivity index (χ1v) is 12.6. The van der Waals surface area contributed by atoms with Crippen molar-refractivity contribution in [2.75, 3.05) is 5.32 Å². The van der Waals surface area contributed by atoms with Gasteiger partial charge in [0.1, 0.15) is 16.3 Å². The van der Waals surface area contributed by atoms with Crippen LogP contribution in [-0.4, -0.2) is 11.8 Å². The molecule has 1 aliphatic rings. The van der Waals surface area contributed by atoms with Crippen LogP contribution in [0, 0.1) is 0 Å². The number of carbonyl (C=O) groups excluding carboxylic acids is 2. The van der Waals surface area contributed by atoms with Crippen molar-refractivity contribution in [3.8, 4) is 0 Å². The molecule has 0 bridgehead atoms. The van der Waals surface area contributed by atoms with Crippen LogP contribution < -0.4 is 10.6 Å². The summed E-state index contributed by atoms with van der Waals surface area (Å²) in [6, 6.07) is 9.74. The van der Waals surface area contributed by atoms with E-state index in [2.05, 4.69) is 36.6 Å². The maximum atomic E-state index is 13.2. The standard InChI is InChI=1S/C27H28N2O4S/c1-16(2)17-9-10-22-21(12-17)18(15-33-22)13-24(30)29-27-25(20-7-3-4-8-23(20)34-27)26(31)28-14-19-6-5-11-32-19/h5-6,9-12,15-16H,3-4,7-8,13-14H2,1-2H3,(H,28,31)(H,29,30). The maximum Gasteiger partial charge on any atom is 0.254 e. The highest BCUT2D eigenvalue weighted by molar-refractivity contribution is 7.17. The van der Waals surface area contributed by atoms with Crippen LogP contribution in [0.3, 0.4) is 0 Å². The van der Waals surface area contributed by atoms with E-state index in [0.29, 0.717) is 28.8 Å². The smallest absolute Gasteiger partial charge is 0.254 e. The molecule has 2 N–H and O–H groups in total. The van der Waals surface area contributed by atoms with Crippen molar-refractivity contribution in [3.63, 3.8) is 0 Å². The highest BCUT2D eigenvalue weighted by atomic mass is 32.1. The van der Waals surface area contributed by atoms with Gasteiger partial charge in [0, 0.05) is 15.8 Å². The van der Waals surface area contributed by atoms with Gasteiger partial charge in [-0.25, -0.2) is 0 Å². The number of amides is 2. The van der Waals surface area contributed by atoms with Crippen molar-refractivity contribution in [3.05, 3.63) is 75.7 Å². The zero-order valence-electron chi connectivity index (χ0n) is 19.4. The van der Waals surface area contributed by atoms with Gasteiger partial charge in [-0.05, 0) is 67.0 Å². The molecule has 0 unspecified atom stereocenters. The minimum atomic E-state index is -0.179. The van der Waals surface area contributed by atoms with Crippen LogP contribution in [0.15, 0.2) is 51.7 Å². The van der Waals surface area contributed by atoms with Gasteiger partial charge in [0.05, 0.1) is 31.1 Å². The fraction of sp³-hybridized carbons (Fsp3) is 0.333. The van der Waals surface area contributed by atoms with Gasteiger partial charge < -0.3 is 19.5 Å². The molecule has 0 radical (unpaired) electrons. The molecule has 3 heterocycles. The third-order valence-corrected chi connectivity index (χ3v) is 7.56. The molecule has 5 rings (SSSR count). The van der Waals surface area contributed by atoms with Gasteiger partial charge in [-0.3, -0.25) is 9.59 Å². The van der Waals surface area contributed by atoms with Crippen molar-refractivity contribution in [2.45, 2.75) is 58.4 Å². The summed E-state index contributed by atoms with van der Waals surface area (Å²) in [4.78, 5) is 27.4. The van der Waals surface area contributed by atoms with E-state index >= 15 is 0 Å². The molecule has 1 aliphatic carbocycles. The van der Waals surface area contributed by atoms with Crippen LogP contribution in [-0.2, 0) is 30.6 Å². The summed E-state index contributed by atoms with van der Waals surface area (Å²) in [6.45, 7) is 4.60. The van der Waals surface area contributed by atoms with E-state index < -0.39 is 0 Å². The Morgan fingerprint density at radius 3 is 2.76 bits per heavy atom. The van der Waals surface area contributed by atoms with Crippen molar-refractivity contribution in [1.29, 1.82) is 0 Å². The van der Waals surface area contributed by atoms with Crippen molar-refractivity contribution in [1.82, 2.24) is 5.32 Å². The Morgan fingerprint density at radius 2 is 1.97 bits per heavy atom. The van der Waals surface area contributed by atoms with Crippen LogP contribution in [0.1, 0.15) is 70.3 Å². The molecule has 0 fully saturated rings. The molecular formula is C27H28N2O4S. The molecular weight excluding hydrogens is 448 g/mol. The number of furan rings is 2. The number of rotatable bonds is 7. The first-order valence-electron chi connectivity index (χ1n) is 11.7. The highest BCUT2D eigenvalue weighted by Crippen LogP contribution is 2.38. The Morgan fingerprint density at radius 1 is 1.12 bits per heavy atom. The fourth-order valence-corrected chi connectivity index (χ4v) is 5.81.